The molecule has 2 aromatic carbocycles. The topological polar surface area (TPSA) is 77.2 Å². The van der Waals surface area contributed by atoms with E-state index >= 15 is 0 Å². The summed E-state index contributed by atoms with van der Waals surface area (Å²) in [5.74, 6) is 1.72. The first-order valence-corrected chi connectivity index (χ1v) is 9.44. The van der Waals surface area contributed by atoms with E-state index in [0.29, 0.717) is 24.6 Å². The number of nitrogens with one attached hydrogen (secondary N) is 1. The molecule has 0 aliphatic rings. The van der Waals surface area contributed by atoms with Gasteiger partial charge in [0.2, 0.25) is 17.6 Å². The minimum Gasteiger partial charge on any atom is -0.497 e. The van der Waals surface area contributed by atoms with Crippen molar-refractivity contribution in [1.82, 2.24) is 15.5 Å². The van der Waals surface area contributed by atoms with Gasteiger partial charge in [0.15, 0.2) is 0 Å². The predicted molar refractivity (Wildman–Crippen MR) is 107 cm³/mol. The van der Waals surface area contributed by atoms with Gasteiger partial charge in [-0.3, -0.25) is 4.79 Å². The summed E-state index contributed by atoms with van der Waals surface area (Å²) in [6.45, 7) is 2.02. The van der Waals surface area contributed by atoms with Crippen LogP contribution in [0.4, 0.5) is 0 Å². The summed E-state index contributed by atoms with van der Waals surface area (Å²) in [6, 6.07) is 17.8. The highest BCUT2D eigenvalue weighted by Crippen LogP contribution is 2.20. The minimum absolute atomic E-state index is 0.00948. The molecule has 3 rings (SSSR count). The van der Waals surface area contributed by atoms with Crippen LogP contribution in [0.1, 0.15) is 31.2 Å². The van der Waals surface area contributed by atoms with Gasteiger partial charge in [-0.05, 0) is 49.6 Å². The molecule has 28 heavy (non-hydrogen) atoms. The van der Waals surface area contributed by atoms with Crippen molar-refractivity contribution >= 4 is 5.91 Å². The number of amides is 1. The van der Waals surface area contributed by atoms with Gasteiger partial charge < -0.3 is 14.6 Å². The van der Waals surface area contributed by atoms with Crippen LogP contribution in [0.5, 0.6) is 5.75 Å². The Bertz CT molecular complexity index is 876. The Morgan fingerprint density at radius 3 is 2.57 bits per heavy atom. The number of hydrogen-bond acceptors (Lipinski definition) is 5. The molecule has 1 N–H and O–H groups in total. The summed E-state index contributed by atoms with van der Waals surface area (Å²) >= 11 is 0. The number of carbonyl (C=O) groups excluding carboxylic acids is 1. The second-order valence-electron chi connectivity index (χ2n) is 6.73. The molecule has 1 heterocycles. The molecule has 146 valence electrons. The molecule has 0 saturated heterocycles. The summed E-state index contributed by atoms with van der Waals surface area (Å²) in [7, 11) is 1.62. The third-order valence-corrected chi connectivity index (χ3v) is 4.50. The van der Waals surface area contributed by atoms with Gasteiger partial charge in [0.05, 0.1) is 7.11 Å². The van der Waals surface area contributed by atoms with Gasteiger partial charge in [0.1, 0.15) is 5.75 Å². The first-order chi connectivity index (χ1) is 13.6. The molecule has 0 unspecified atom stereocenters. The molecule has 0 aliphatic carbocycles. The maximum Gasteiger partial charge on any atom is 0.227 e. The fourth-order valence-electron chi connectivity index (χ4n) is 2.88. The van der Waals surface area contributed by atoms with Crippen LogP contribution < -0.4 is 10.1 Å². The van der Waals surface area contributed by atoms with Crippen molar-refractivity contribution in [3.63, 3.8) is 0 Å². The predicted octanol–water partition coefficient (Wildman–Crippen LogP) is 3.82. The van der Waals surface area contributed by atoms with Gasteiger partial charge >= 0.3 is 0 Å². The zero-order valence-electron chi connectivity index (χ0n) is 16.2. The number of ether oxygens (including phenoxy) is 1. The molecule has 0 radical (unpaired) electrons. The van der Waals surface area contributed by atoms with Crippen LogP contribution in [0.2, 0.25) is 0 Å². The van der Waals surface area contributed by atoms with Crippen LogP contribution in [-0.4, -0.2) is 29.2 Å². The lowest BCUT2D eigenvalue weighted by molar-refractivity contribution is -0.121. The van der Waals surface area contributed by atoms with Crippen LogP contribution in [0, 0.1) is 0 Å². The van der Waals surface area contributed by atoms with E-state index in [0.717, 1.165) is 24.2 Å². The van der Waals surface area contributed by atoms with Crippen LogP contribution in [0.3, 0.4) is 0 Å². The Hall–Kier alpha value is -3.15. The Labute approximate surface area is 164 Å². The average Bonchev–Trinajstić information content (AvgIpc) is 3.21. The number of nitrogens with zero attached hydrogens (tertiary/aromatic N) is 2. The second kappa shape index (κ2) is 9.69. The number of methoxy groups -OCH3 is 1. The molecule has 1 atom stereocenters. The zero-order valence-corrected chi connectivity index (χ0v) is 16.2. The van der Waals surface area contributed by atoms with Gasteiger partial charge in [-0.15, -0.1) is 0 Å². The molecule has 1 amide bonds. The Morgan fingerprint density at radius 1 is 1.11 bits per heavy atom. The van der Waals surface area contributed by atoms with Crippen LogP contribution in [0.15, 0.2) is 59.1 Å². The number of aromatic nitrogens is 2. The van der Waals surface area contributed by atoms with Crippen LogP contribution in [0.25, 0.3) is 11.4 Å². The lowest BCUT2D eigenvalue weighted by Gasteiger charge is -2.13. The van der Waals surface area contributed by atoms with E-state index in [1.54, 1.807) is 7.11 Å². The highest BCUT2D eigenvalue weighted by Gasteiger charge is 2.12. The van der Waals surface area contributed by atoms with Crippen molar-refractivity contribution in [2.24, 2.45) is 0 Å². The summed E-state index contributed by atoms with van der Waals surface area (Å²) in [4.78, 5) is 16.5. The van der Waals surface area contributed by atoms with E-state index in [1.165, 1.54) is 5.56 Å². The molecule has 0 spiro atoms. The molecule has 3 aromatic rings. The van der Waals surface area contributed by atoms with Gasteiger partial charge in [0.25, 0.3) is 0 Å². The molecule has 0 saturated carbocycles. The van der Waals surface area contributed by atoms with Crippen molar-refractivity contribution < 1.29 is 14.1 Å². The number of rotatable bonds is 9. The van der Waals surface area contributed by atoms with Crippen LogP contribution >= 0.6 is 0 Å². The minimum atomic E-state index is -0.00948. The number of aryl methyl sites for hydroxylation is 2. The molecule has 1 aromatic heterocycles. The largest absolute Gasteiger partial charge is 0.497 e. The summed E-state index contributed by atoms with van der Waals surface area (Å²) in [6.07, 6.45) is 2.58. The van der Waals surface area contributed by atoms with Gasteiger partial charge in [0, 0.05) is 24.4 Å². The Balaban J connectivity index is 1.43. The van der Waals surface area contributed by atoms with E-state index in [2.05, 4.69) is 27.6 Å². The molecule has 0 bridgehead atoms. The van der Waals surface area contributed by atoms with E-state index in [-0.39, 0.29) is 11.9 Å². The third kappa shape index (κ3) is 5.67. The monoisotopic (exact) mass is 379 g/mol. The second-order valence-corrected chi connectivity index (χ2v) is 6.73. The lowest BCUT2D eigenvalue weighted by Crippen LogP contribution is -2.33. The average molecular weight is 379 g/mol. The molecular weight excluding hydrogens is 354 g/mol. The molecule has 6 heteroatoms. The van der Waals surface area contributed by atoms with E-state index in [9.17, 15) is 4.79 Å². The SMILES string of the molecule is COc1ccc(-c2noc(CCC(=O)N[C@@H](C)CCc3ccccc3)n2)cc1. The number of hydrogen-bond donors (Lipinski definition) is 1. The zero-order chi connectivity index (χ0) is 19.8. The standard InChI is InChI=1S/C22H25N3O3/c1-16(8-9-17-6-4-3-5-7-17)23-20(26)14-15-21-24-22(25-28-21)18-10-12-19(27-2)13-11-18/h3-7,10-13,16H,8-9,14-15H2,1-2H3,(H,23,26)/t16-/m0/s1. The van der Waals surface area contributed by atoms with Crippen molar-refractivity contribution in [2.45, 2.75) is 38.6 Å². The fraction of sp³-hybridized carbons (Fsp3) is 0.318. The van der Waals surface area contributed by atoms with Crippen LogP contribution in [-0.2, 0) is 17.6 Å². The Kier molecular flexibility index (Phi) is 6.78. The quantitative estimate of drug-likeness (QED) is 0.612. The van der Waals surface area contributed by atoms with E-state index < -0.39 is 0 Å². The fourth-order valence-corrected chi connectivity index (χ4v) is 2.88. The Morgan fingerprint density at radius 2 is 1.86 bits per heavy atom. The van der Waals surface area contributed by atoms with Crippen molar-refractivity contribution in [3.8, 4) is 17.1 Å². The van der Waals surface area contributed by atoms with Gasteiger partial charge in [-0.2, -0.15) is 4.98 Å². The highest BCUT2D eigenvalue weighted by atomic mass is 16.5. The highest BCUT2D eigenvalue weighted by molar-refractivity contribution is 5.76. The molecule has 6 nitrogen and oxygen atoms in total. The smallest absolute Gasteiger partial charge is 0.227 e. The number of benzene rings is 2. The first-order valence-electron chi connectivity index (χ1n) is 9.44. The normalized spacial score (nSPS) is 11.8. The van der Waals surface area contributed by atoms with Crippen molar-refractivity contribution in [1.29, 1.82) is 0 Å². The number of carbonyl (C=O) groups is 1. The third-order valence-electron chi connectivity index (χ3n) is 4.50. The summed E-state index contributed by atoms with van der Waals surface area (Å²) < 4.78 is 10.4. The maximum absolute atomic E-state index is 12.2. The van der Waals surface area contributed by atoms with Gasteiger partial charge in [-0.25, -0.2) is 0 Å². The molecule has 0 aliphatic heterocycles. The van der Waals surface area contributed by atoms with E-state index in [1.807, 2.05) is 49.4 Å². The van der Waals surface area contributed by atoms with E-state index in [4.69, 9.17) is 9.26 Å². The lowest BCUT2D eigenvalue weighted by atomic mass is 10.1. The first kappa shape index (κ1) is 19.6. The molecular formula is C22H25N3O3. The van der Waals surface area contributed by atoms with Crippen molar-refractivity contribution in [3.05, 3.63) is 66.1 Å². The molecule has 0 fully saturated rings. The summed E-state index contributed by atoms with van der Waals surface area (Å²) in [5, 5.41) is 7.01. The van der Waals surface area contributed by atoms with Gasteiger partial charge in [-0.1, -0.05) is 35.5 Å². The van der Waals surface area contributed by atoms with Crippen molar-refractivity contribution in [2.75, 3.05) is 7.11 Å². The summed E-state index contributed by atoms with van der Waals surface area (Å²) in [5.41, 5.74) is 2.12. The maximum atomic E-state index is 12.2.